The predicted molar refractivity (Wildman–Crippen MR) is 289 cm³/mol. The number of carbonyl (C=O) groups is 7. The first-order valence-corrected chi connectivity index (χ1v) is 29.2. The number of hydrogen-bond donors (Lipinski definition) is 5. The molecule has 0 aliphatic carbocycles. The van der Waals surface area contributed by atoms with Gasteiger partial charge < -0.3 is 35.8 Å². The van der Waals surface area contributed by atoms with Gasteiger partial charge in [-0.3, -0.25) is 33.6 Å². The van der Waals surface area contributed by atoms with Crippen LogP contribution in [0.4, 0.5) is 0 Å². The van der Waals surface area contributed by atoms with Crippen LogP contribution >= 0.6 is 12.6 Å². The lowest BCUT2D eigenvalue weighted by Crippen LogP contribution is -2.61. The standard InChI is InChI=1S/C56H104N4O10S/c1-6-9-12-15-18-21-22-23-24-27-28-31-34-37-49(61)58-48(44-71)56(68)60(53(45(4)5)55(67)59-47(54(57)66)40-41-50(62)63)42-46(70-52(65)39-36-33-30-26-20-17-14-11-8-3)43-69-51(64)38-35-32-29-25-19-16-13-10-7-2/h45-48,53,71H,6-44H2,1-5H3,(H2,57,66)(H,58,61)(H,59,67)(H,62,63)/t46-,47-,48+,53+/m1/s1. The van der Waals surface area contributed by atoms with Gasteiger partial charge in [-0.25, -0.2) is 0 Å². The number of carboxylic acid groups (broad SMARTS) is 1. The van der Waals surface area contributed by atoms with Gasteiger partial charge in [0.1, 0.15) is 24.7 Å². The summed E-state index contributed by atoms with van der Waals surface area (Å²) in [5.41, 5.74) is 5.60. The molecule has 0 rings (SSSR count). The Bertz CT molecular complexity index is 1420. The lowest BCUT2D eigenvalue weighted by molar-refractivity contribution is -0.163. The van der Waals surface area contributed by atoms with E-state index in [4.69, 9.17) is 15.2 Å². The number of nitrogens with one attached hydrogen (secondary N) is 2. The highest BCUT2D eigenvalue weighted by atomic mass is 32.1. The van der Waals surface area contributed by atoms with Crippen LogP contribution in [-0.2, 0) is 43.0 Å². The molecule has 0 aromatic rings. The van der Waals surface area contributed by atoms with Crippen LogP contribution in [0.1, 0.15) is 266 Å². The van der Waals surface area contributed by atoms with E-state index < -0.39 is 72.2 Å². The van der Waals surface area contributed by atoms with Crippen LogP contribution in [0, 0.1) is 5.92 Å². The Balaban J connectivity index is 6.22. The van der Waals surface area contributed by atoms with Gasteiger partial charge in [0.05, 0.1) is 6.54 Å². The number of thiol groups is 1. The van der Waals surface area contributed by atoms with Gasteiger partial charge in [-0.05, 0) is 31.6 Å². The summed E-state index contributed by atoms with van der Waals surface area (Å²) >= 11 is 4.45. The summed E-state index contributed by atoms with van der Waals surface area (Å²) in [7, 11) is 0. The number of esters is 2. The zero-order chi connectivity index (χ0) is 52.9. The lowest BCUT2D eigenvalue weighted by atomic mass is 9.98. The number of aliphatic carboxylic acids is 1. The zero-order valence-corrected chi connectivity index (χ0v) is 46.5. The van der Waals surface area contributed by atoms with E-state index in [1.807, 2.05) is 0 Å². The van der Waals surface area contributed by atoms with Gasteiger partial charge in [0, 0.05) is 31.4 Å². The van der Waals surface area contributed by atoms with E-state index in [-0.39, 0.29) is 50.5 Å². The normalized spacial score (nSPS) is 13.0. The Morgan fingerprint density at radius 3 is 1.31 bits per heavy atom. The molecular weight excluding hydrogens is 921 g/mol. The Hall–Kier alpha value is -3.36. The minimum Gasteiger partial charge on any atom is -0.481 e. The number of carbonyl (C=O) groups excluding carboxylic acids is 6. The first kappa shape index (κ1) is 67.6. The van der Waals surface area contributed by atoms with Crippen LogP contribution in [0.25, 0.3) is 0 Å². The van der Waals surface area contributed by atoms with Gasteiger partial charge in [-0.1, -0.05) is 214 Å². The van der Waals surface area contributed by atoms with Crippen LogP contribution in [0.3, 0.4) is 0 Å². The molecule has 14 nitrogen and oxygen atoms in total. The molecule has 0 heterocycles. The van der Waals surface area contributed by atoms with Gasteiger partial charge in [0.2, 0.25) is 23.6 Å². The third-order valence-electron chi connectivity index (χ3n) is 13.2. The first-order chi connectivity index (χ1) is 34.2. The van der Waals surface area contributed by atoms with Crippen LogP contribution in [-0.4, -0.2) is 94.7 Å². The van der Waals surface area contributed by atoms with Crippen molar-refractivity contribution in [1.29, 1.82) is 0 Å². The SMILES string of the molecule is CCCCCCCCCCCCCCCC(=O)N[C@@H](CS)C(=O)N(C[C@H](COC(=O)CCCCCCCCCCC)OC(=O)CCCCCCCCCCC)[C@H](C(=O)N[C@H](CCC(=O)O)C(N)=O)C(C)C. The molecule has 15 heteroatoms. The van der Waals surface area contributed by atoms with Gasteiger partial charge >= 0.3 is 17.9 Å². The maximum absolute atomic E-state index is 14.8. The number of hydrogen-bond acceptors (Lipinski definition) is 10. The summed E-state index contributed by atoms with van der Waals surface area (Å²) in [5, 5.41) is 14.7. The van der Waals surface area contributed by atoms with Crippen molar-refractivity contribution in [2.75, 3.05) is 18.9 Å². The second kappa shape index (κ2) is 46.4. The molecule has 4 amide bonds. The van der Waals surface area contributed by atoms with Gasteiger partial charge in [0.15, 0.2) is 6.10 Å². The summed E-state index contributed by atoms with van der Waals surface area (Å²) in [6, 6.07) is -3.86. The van der Waals surface area contributed by atoms with E-state index in [0.29, 0.717) is 19.3 Å². The summed E-state index contributed by atoms with van der Waals surface area (Å²) < 4.78 is 11.7. The summed E-state index contributed by atoms with van der Waals surface area (Å²) in [6.45, 7) is 9.24. The molecule has 5 N–H and O–H groups in total. The molecule has 0 aromatic heterocycles. The largest absolute Gasteiger partial charge is 0.481 e. The van der Waals surface area contributed by atoms with E-state index in [1.54, 1.807) is 13.8 Å². The number of primary amides is 1. The molecule has 0 radical (unpaired) electrons. The van der Waals surface area contributed by atoms with Crippen molar-refractivity contribution in [3.63, 3.8) is 0 Å². The summed E-state index contributed by atoms with van der Waals surface area (Å²) in [5.74, 6) is -5.69. The Kier molecular flexibility index (Phi) is 44.2. The quantitative estimate of drug-likeness (QED) is 0.0221. The maximum atomic E-state index is 14.8. The topological polar surface area (TPSA) is 212 Å². The van der Waals surface area contributed by atoms with Crippen LogP contribution in [0.15, 0.2) is 0 Å². The highest BCUT2D eigenvalue weighted by Crippen LogP contribution is 2.20. The van der Waals surface area contributed by atoms with Crippen molar-refractivity contribution in [3.05, 3.63) is 0 Å². The van der Waals surface area contributed by atoms with Crippen LogP contribution < -0.4 is 16.4 Å². The summed E-state index contributed by atoms with van der Waals surface area (Å²) in [4.78, 5) is 94.0. The van der Waals surface area contributed by atoms with Gasteiger partial charge in [-0.2, -0.15) is 12.6 Å². The molecule has 0 saturated carbocycles. The molecule has 0 unspecified atom stereocenters. The minimum atomic E-state index is -1.36. The minimum absolute atomic E-state index is 0.110. The average Bonchev–Trinajstić information content (AvgIpc) is 3.33. The number of nitrogens with zero attached hydrogens (tertiary/aromatic N) is 1. The van der Waals surface area contributed by atoms with Crippen molar-refractivity contribution in [2.24, 2.45) is 11.7 Å². The zero-order valence-electron chi connectivity index (χ0n) is 45.6. The first-order valence-electron chi connectivity index (χ1n) is 28.6. The molecule has 4 atom stereocenters. The molecular formula is C56H104N4O10S. The van der Waals surface area contributed by atoms with Crippen LogP contribution in [0.2, 0.25) is 0 Å². The third-order valence-corrected chi connectivity index (χ3v) is 13.6. The highest BCUT2D eigenvalue weighted by molar-refractivity contribution is 7.80. The Morgan fingerprint density at radius 1 is 0.535 bits per heavy atom. The molecule has 71 heavy (non-hydrogen) atoms. The number of rotatable bonds is 50. The predicted octanol–water partition coefficient (Wildman–Crippen LogP) is 11.9. The van der Waals surface area contributed by atoms with Crippen molar-refractivity contribution < 1.29 is 48.1 Å². The Labute approximate surface area is 436 Å². The smallest absolute Gasteiger partial charge is 0.306 e. The molecule has 0 bridgehead atoms. The van der Waals surface area contributed by atoms with E-state index >= 15 is 0 Å². The van der Waals surface area contributed by atoms with E-state index in [0.717, 1.165) is 64.2 Å². The van der Waals surface area contributed by atoms with Crippen molar-refractivity contribution in [1.82, 2.24) is 15.5 Å². The average molecular weight is 1030 g/mol. The molecule has 0 saturated heterocycles. The second-order valence-corrected chi connectivity index (χ2v) is 20.7. The molecule has 0 spiro atoms. The summed E-state index contributed by atoms with van der Waals surface area (Å²) in [6.07, 6.45) is 32.9. The Morgan fingerprint density at radius 2 is 0.930 bits per heavy atom. The number of amides is 4. The maximum Gasteiger partial charge on any atom is 0.306 e. The molecule has 414 valence electrons. The van der Waals surface area contributed by atoms with E-state index in [9.17, 15) is 38.7 Å². The van der Waals surface area contributed by atoms with Crippen molar-refractivity contribution >= 4 is 54.2 Å². The van der Waals surface area contributed by atoms with Gasteiger partial charge in [0.25, 0.3) is 0 Å². The van der Waals surface area contributed by atoms with Crippen molar-refractivity contribution in [3.8, 4) is 0 Å². The molecule has 0 aromatic carbocycles. The van der Waals surface area contributed by atoms with Crippen LogP contribution in [0.5, 0.6) is 0 Å². The number of carboxylic acids is 1. The fourth-order valence-electron chi connectivity index (χ4n) is 8.92. The fourth-order valence-corrected chi connectivity index (χ4v) is 9.16. The molecule has 0 aliphatic rings. The van der Waals surface area contributed by atoms with Gasteiger partial charge in [-0.15, -0.1) is 0 Å². The second-order valence-electron chi connectivity index (χ2n) is 20.3. The lowest BCUT2D eigenvalue weighted by Gasteiger charge is -2.38. The van der Waals surface area contributed by atoms with Crippen molar-refractivity contribution in [2.45, 2.75) is 290 Å². The molecule has 0 fully saturated rings. The van der Waals surface area contributed by atoms with E-state index in [2.05, 4.69) is 44.0 Å². The number of ether oxygens (including phenoxy) is 2. The van der Waals surface area contributed by atoms with E-state index in [1.165, 1.54) is 120 Å². The highest BCUT2D eigenvalue weighted by Gasteiger charge is 2.39. The number of unbranched alkanes of at least 4 members (excludes halogenated alkanes) is 28. The number of nitrogens with two attached hydrogens (primary N) is 1. The monoisotopic (exact) mass is 1020 g/mol. The fraction of sp³-hybridized carbons (Fsp3) is 0.875. The molecule has 0 aliphatic heterocycles. The third kappa shape index (κ3) is 38.0.